The standard InChI is InChI=1S/C31H23FN4O4/c1-39-31(38)29-15-14-28(40-29)23-8-12-26(13-9-23)36(30(37)24-6-10-25(32)11-7-24)19-27-17-34-20-35(27)18-22-4-2-21(16-33)3-5-22/h2-15,17,20H,18-19H2,1H3. The van der Waals surface area contributed by atoms with Crippen molar-refractivity contribution in [3.8, 4) is 17.4 Å². The van der Waals surface area contributed by atoms with Crippen LogP contribution in [0, 0.1) is 17.1 Å². The number of benzene rings is 3. The molecule has 5 aromatic rings. The van der Waals surface area contributed by atoms with Crippen LogP contribution in [0.2, 0.25) is 0 Å². The van der Waals surface area contributed by atoms with E-state index in [0.717, 1.165) is 11.3 Å². The number of rotatable bonds is 8. The maximum atomic E-state index is 13.7. The first-order valence-electron chi connectivity index (χ1n) is 12.3. The number of esters is 1. The molecule has 9 heteroatoms. The van der Waals surface area contributed by atoms with Gasteiger partial charge in [-0.3, -0.25) is 4.79 Å². The van der Waals surface area contributed by atoms with Gasteiger partial charge in [0.2, 0.25) is 5.76 Å². The highest BCUT2D eigenvalue weighted by atomic mass is 19.1. The number of anilines is 1. The molecule has 3 aromatic carbocycles. The Balaban J connectivity index is 1.44. The smallest absolute Gasteiger partial charge is 0.373 e. The zero-order valence-electron chi connectivity index (χ0n) is 21.5. The number of hydrogen-bond acceptors (Lipinski definition) is 6. The van der Waals surface area contributed by atoms with Gasteiger partial charge in [-0.2, -0.15) is 5.26 Å². The molecule has 5 rings (SSSR count). The third kappa shape index (κ3) is 5.66. The van der Waals surface area contributed by atoms with Gasteiger partial charge in [0.25, 0.3) is 5.91 Å². The highest BCUT2D eigenvalue weighted by Crippen LogP contribution is 2.27. The highest BCUT2D eigenvalue weighted by Gasteiger charge is 2.21. The van der Waals surface area contributed by atoms with Crippen LogP contribution in [-0.2, 0) is 17.8 Å². The lowest BCUT2D eigenvalue weighted by Gasteiger charge is -2.24. The number of amides is 1. The second kappa shape index (κ2) is 11.5. The minimum atomic E-state index is -0.573. The molecule has 0 aliphatic carbocycles. The number of imidazole rings is 1. The summed E-state index contributed by atoms with van der Waals surface area (Å²) in [5.74, 6) is -0.756. The van der Waals surface area contributed by atoms with Gasteiger partial charge >= 0.3 is 5.97 Å². The van der Waals surface area contributed by atoms with E-state index in [-0.39, 0.29) is 18.2 Å². The highest BCUT2D eigenvalue weighted by molar-refractivity contribution is 6.06. The van der Waals surface area contributed by atoms with Crippen molar-refractivity contribution in [3.05, 3.63) is 131 Å². The molecule has 1 amide bonds. The number of nitriles is 1. The number of aromatic nitrogens is 2. The third-order valence-corrected chi connectivity index (χ3v) is 6.35. The van der Waals surface area contributed by atoms with E-state index in [0.29, 0.717) is 34.7 Å². The van der Waals surface area contributed by atoms with E-state index in [2.05, 4.69) is 11.1 Å². The number of furan rings is 1. The Kier molecular flexibility index (Phi) is 7.51. The fraction of sp³-hybridized carbons (Fsp3) is 0.0968. The molecular weight excluding hydrogens is 511 g/mol. The first kappa shape index (κ1) is 26.1. The Morgan fingerprint density at radius 1 is 1.00 bits per heavy atom. The van der Waals surface area contributed by atoms with Gasteiger partial charge in [-0.25, -0.2) is 14.2 Å². The number of ether oxygens (including phenoxy) is 1. The fourth-order valence-corrected chi connectivity index (χ4v) is 4.20. The predicted octanol–water partition coefficient (Wildman–Crippen LogP) is 5.84. The van der Waals surface area contributed by atoms with Crippen molar-refractivity contribution in [2.75, 3.05) is 12.0 Å². The van der Waals surface area contributed by atoms with Gasteiger partial charge in [0.05, 0.1) is 37.3 Å². The number of halogens is 1. The minimum absolute atomic E-state index is 0.0882. The van der Waals surface area contributed by atoms with Crippen LogP contribution in [0.4, 0.5) is 10.1 Å². The van der Waals surface area contributed by atoms with Crippen molar-refractivity contribution < 1.29 is 23.1 Å². The summed E-state index contributed by atoms with van der Waals surface area (Å²) in [6, 6.07) is 25.1. The Hall–Kier alpha value is -5.49. The van der Waals surface area contributed by atoms with Crippen LogP contribution < -0.4 is 4.90 Å². The lowest BCUT2D eigenvalue weighted by atomic mass is 10.1. The molecule has 0 N–H and O–H groups in total. The summed E-state index contributed by atoms with van der Waals surface area (Å²) in [4.78, 5) is 31.3. The minimum Gasteiger partial charge on any atom is -0.463 e. The largest absolute Gasteiger partial charge is 0.463 e. The van der Waals surface area contributed by atoms with Crippen LogP contribution in [0.3, 0.4) is 0 Å². The average Bonchev–Trinajstić information content (AvgIpc) is 3.66. The lowest BCUT2D eigenvalue weighted by Crippen LogP contribution is -2.31. The summed E-state index contributed by atoms with van der Waals surface area (Å²) < 4.78 is 25.8. The Morgan fingerprint density at radius 2 is 1.73 bits per heavy atom. The van der Waals surface area contributed by atoms with E-state index in [1.165, 1.54) is 37.4 Å². The van der Waals surface area contributed by atoms with Crippen molar-refractivity contribution in [2.24, 2.45) is 0 Å². The van der Waals surface area contributed by atoms with Crippen LogP contribution >= 0.6 is 0 Å². The maximum Gasteiger partial charge on any atom is 0.373 e. The summed E-state index contributed by atoms with van der Waals surface area (Å²) in [6.07, 6.45) is 3.38. The molecule has 2 aromatic heterocycles. The number of carbonyl (C=O) groups excluding carboxylic acids is 2. The Labute approximate surface area is 229 Å². The Bertz CT molecular complexity index is 1680. The molecule has 0 radical (unpaired) electrons. The molecule has 0 atom stereocenters. The van der Waals surface area contributed by atoms with E-state index in [4.69, 9.17) is 14.4 Å². The number of nitrogens with zero attached hydrogens (tertiary/aromatic N) is 4. The zero-order chi connectivity index (χ0) is 28.1. The number of hydrogen-bond donors (Lipinski definition) is 0. The van der Waals surface area contributed by atoms with Crippen molar-refractivity contribution >= 4 is 17.6 Å². The van der Waals surface area contributed by atoms with Crippen molar-refractivity contribution in [1.82, 2.24) is 9.55 Å². The molecule has 2 heterocycles. The fourth-order valence-electron chi connectivity index (χ4n) is 4.20. The Morgan fingerprint density at radius 3 is 2.40 bits per heavy atom. The first-order valence-corrected chi connectivity index (χ1v) is 12.3. The quantitative estimate of drug-likeness (QED) is 0.232. The topological polar surface area (TPSA) is 101 Å². The van der Waals surface area contributed by atoms with Crippen molar-refractivity contribution in [3.63, 3.8) is 0 Å². The molecule has 40 heavy (non-hydrogen) atoms. The summed E-state index contributed by atoms with van der Waals surface area (Å²) >= 11 is 0. The van der Waals surface area contributed by atoms with Crippen LogP contribution in [0.1, 0.15) is 37.7 Å². The van der Waals surface area contributed by atoms with Gasteiger partial charge in [-0.15, -0.1) is 0 Å². The van der Waals surface area contributed by atoms with E-state index >= 15 is 0 Å². The molecule has 0 aliphatic rings. The second-order valence-electron chi connectivity index (χ2n) is 8.92. The van der Waals surface area contributed by atoms with Crippen LogP contribution in [0.5, 0.6) is 0 Å². The molecule has 0 fully saturated rings. The zero-order valence-corrected chi connectivity index (χ0v) is 21.5. The number of methoxy groups -OCH3 is 1. The van der Waals surface area contributed by atoms with Gasteiger partial charge in [0, 0.05) is 29.6 Å². The number of carbonyl (C=O) groups is 2. The van der Waals surface area contributed by atoms with Gasteiger partial charge in [-0.05, 0) is 78.4 Å². The first-order chi connectivity index (χ1) is 19.4. The molecule has 8 nitrogen and oxygen atoms in total. The summed E-state index contributed by atoms with van der Waals surface area (Å²) in [5.41, 5.74) is 3.96. The van der Waals surface area contributed by atoms with E-state index in [9.17, 15) is 14.0 Å². The monoisotopic (exact) mass is 534 g/mol. The maximum absolute atomic E-state index is 13.7. The molecule has 0 saturated heterocycles. The van der Waals surface area contributed by atoms with Gasteiger partial charge < -0.3 is 18.6 Å². The van der Waals surface area contributed by atoms with Gasteiger partial charge in [0.15, 0.2) is 0 Å². The molecule has 0 spiro atoms. The lowest BCUT2D eigenvalue weighted by molar-refractivity contribution is 0.0566. The third-order valence-electron chi connectivity index (χ3n) is 6.35. The molecule has 0 saturated carbocycles. The van der Waals surface area contributed by atoms with E-state index < -0.39 is 11.8 Å². The summed E-state index contributed by atoms with van der Waals surface area (Å²) in [6.45, 7) is 0.693. The molecular formula is C31H23FN4O4. The van der Waals surface area contributed by atoms with Gasteiger partial charge in [-0.1, -0.05) is 12.1 Å². The van der Waals surface area contributed by atoms with Crippen molar-refractivity contribution in [2.45, 2.75) is 13.1 Å². The normalized spacial score (nSPS) is 10.6. The average molecular weight is 535 g/mol. The van der Waals surface area contributed by atoms with Crippen LogP contribution in [0.15, 0.2) is 102 Å². The summed E-state index contributed by atoms with van der Waals surface area (Å²) in [7, 11) is 1.28. The predicted molar refractivity (Wildman–Crippen MR) is 145 cm³/mol. The molecule has 0 unspecified atom stereocenters. The van der Waals surface area contributed by atoms with E-state index in [1.54, 1.807) is 59.9 Å². The van der Waals surface area contributed by atoms with E-state index in [1.807, 2.05) is 16.7 Å². The second-order valence-corrected chi connectivity index (χ2v) is 8.92. The van der Waals surface area contributed by atoms with Crippen molar-refractivity contribution in [1.29, 1.82) is 5.26 Å². The SMILES string of the molecule is COC(=O)c1ccc(-c2ccc(N(Cc3cncn3Cc3ccc(C#N)cc3)C(=O)c3ccc(F)cc3)cc2)o1. The summed E-state index contributed by atoms with van der Waals surface area (Å²) in [5, 5.41) is 9.07. The molecule has 0 bridgehead atoms. The van der Waals surface area contributed by atoms with Crippen LogP contribution in [-0.4, -0.2) is 28.5 Å². The molecule has 198 valence electrons. The van der Waals surface area contributed by atoms with Crippen LogP contribution in [0.25, 0.3) is 11.3 Å². The molecule has 0 aliphatic heterocycles. The van der Waals surface area contributed by atoms with Gasteiger partial charge in [0.1, 0.15) is 11.6 Å².